The first kappa shape index (κ1) is 14.9. The number of benzene rings is 1. The van der Waals surface area contributed by atoms with Gasteiger partial charge < -0.3 is 5.21 Å². The van der Waals surface area contributed by atoms with Crippen LogP contribution in [0.15, 0.2) is 24.3 Å². The van der Waals surface area contributed by atoms with E-state index in [0.717, 1.165) is 6.07 Å². The van der Waals surface area contributed by atoms with E-state index >= 15 is 0 Å². The molecule has 1 aromatic carbocycles. The van der Waals surface area contributed by atoms with Gasteiger partial charge in [0.15, 0.2) is 0 Å². The van der Waals surface area contributed by atoms with Crippen LogP contribution in [0.25, 0.3) is 0 Å². The highest BCUT2D eigenvalue weighted by Crippen LogP contribution is 2.25. The van der Waals surface area contributed by atoms with Crippen molar-refractivity contribution in [3.63, 3.8) is 0 Å². The molecule has 0 aliphatic rings. The smallest absolute Gasteiger partial charge is 0.317 e. The van der Waals surface area contributed by atoms with Gasteiger partial charge in [0, 0.05) is 24.2 Å². The molecule has 1 aromatic rings. The third-order valence-electron chi connectivity index (χ3n) is 2.14. The highest BCUT2D eigenvalue weighted by Gasteiger charge is 2.38. The van der Waals surface area contributed by atoms with Gasteiger partial charge in [-0.2, -0.15) is 13.2 Å². The number of nitro groups is 1. The molecule has 1 unspecified atom stereocenters. The Bertz CT molecular complexity index is 520. The zero-order valence-corrected chi connectivity index (χ0v) is 9.44. The number of nitrogens with one attached hydrogen (secondary N) is 1. The zero-order chi connectivity index (χ0) is 14.5. The molecule has 1 atom stereocenters. The third kappa shape index (κ3) is 4.57. The number of hydrogen-bond acceptors (Lipinski definition) is 4. The first-order chi connectivity index (χ1) is 8.84. The van der Waals surface area contributed by atoms with Gasteiger partial charge in [-0.3, -0.25) is 10.1 Å². The number of alkyl halides is 3. The second-order valence-corrected chi connectivity index (χ2v) is 3.53. The van der Waals surface area contributed by atoms with Crippen LogP contribution in [0, 0.1) is 27.9 Å². The summed E-state index contributed by atoms with van der Waals surface area (Å²) in [6.07, 6.45) is -4.59. The zero-order valence-electron chi connectivity index (χ0n) is 9.44. The maximum atomic E-state index is 12.5. The number of hydroxylamine groups is 1. The number of non-ortho nitro benzene ring substituents is 1. The van der Waals surface area contributed by atoms with Crippen molar-refractivity contribution in [2.45, 2.75) is 6.18 Å². The second-order valence-electron chi connectivity index (χ2n) is 3.53. The Labute approximate surface area is 106 Å². The third-order valence-corrected chi connectivity index (χ3v) is 2.14. The monoisotopic (exact) mass is 274 g/mol. The lowest BCUT2D eigenvalue weighted by molar-refractivity contribution is -0.384. The molecule has 0 saturated carbocycles. The summed E-state index contributed by atoms with van der Waals surface area (Å²) in [5, 5.41) is 18.8. The summed E-state index contributed by atoms with van der Waals surface area (Å²) in [7, 11) is 0. The van der Waals surface area contributed by atoms with Crippen molar-refractivity contribution >= 4 is 5.69 Å². The van der Waals surface area contributed by atoms with Gasteiger partial charge in [-0.05, 0) is 6.07 Å². The molecule has 19 heavy (non-hydrogen) atoms. The molecule has 2 N–H and O–H groups in total. The van der Waals surface area contributed by atoms with Crippen molar-refractivity contribution in [2.75, 3.05) is 6.54 Å². The van der Waals surface area contributed by atoms with Crippen molar-refractivity contribution in [3.05, 3.63) is 39.9 Å². The minimum Gasteiger partial charge on any atom is -0.317 e. The first-order valence-corrected chi connectivity index (χ1v) is 5.04. The lowest BCUT2D eigenvalue weighted by Crippen LogP contribution is -2.31. The highest BCUT2D eigenvalue weighted by atomic mass is 19.4. The van der Waals surface area contributed by atoms with Crippen LogP contribution in [0.2, 0.25) is 0 Å². The van der Waals surface area contributed by atoms with Crippen molar-refractivity contribution in [3.8, 4) is 11.8 Å². The molecule has 0 saturated heterocycles. The van der Waals surface area contributed by atoms with E-state index in [1.165, 1.54) is 23.7 Å². The van der Waals surface area contributed by atoms with Crippen molar-refractivity contribution in [1.82, 2.24) is 5.48 Å². The number of halogens is 3. The Balaban J connectivity index is 2.97. The molecule has 0 aliphatic carbocycles. The predicted molar refractivity (Wildman–Crippen MR) is 59.3 cm³/mol. The van der Waals surface area contributed by atoms with Crippen molar-refractivity contribution in [1.29, 1.82) is 0 Å². The summed E-state index contributed by atoms with van der Waals surface area (Å²) >= 11 is 0. The topological polar surface area (TPSA) is 75.4 Å². The van der Waals surface area contributed by atoms with Crippen molar-refractivity contribution in [2.24, 2.45) is 5.92 Å². The highest BCUT2D eigenvalue weighted by molar-refractivity contribution is 5.43. The van der Waals surface area contributed by atoms with Crippen LogP contribution in [0.3, 0.4) is 0 Å². The standard InChI is InChI=1S/C11H9F3N2O3/c12-11(13,14)9(7-15-17)5-4-8-2-1-3-10(6-8)16(18)19/h1-3,6,9,15,17H,7H2. The summed E-state index contributed by atoms with van der Waals surface area (Å²) in [6.45, 7) is -0.772. The van der Waals surface area contributed by atoms with Crippen LogP contribution in [0.4, 0.5) is 18.9 Å². The van der Waals surface area contributed by atoms with Gasteiger partial charge in [-0.15, -0.1) is 0 Å². The number of nitro benzene ring substituents is 1. The molecule has 0 radical (unpaired) electrons. The molecular formula is C11H9F3N2O3. The molecule has 0 bridgehead atoms. The van der Waals surface area contributed by atoms with E-state index in [1.807, 2.05) is 5.92 Å². The van der Waals surface area contributed by atoms with Gasteiger partial charge in [0.05, 0.1) is 4.92 Å². The number of rotatable bonds is 3. The molecule has 1 rings (SSSR count). The SMILES string of the molecule is O=[N+]([O-])c1cccc(C#CC(CNO)C(F)(F)F)c1. The molecular weight excluding hydrogens is 265 g/mol. The van der Waals surface area contributed by atoms with Gasteiger partial charge in [-0.25, -0.2) is 5.48 Å². The van der Waals surface area contributed by atoms with Gasteiger partial charge in [0.1, 0.15) is 5.92 Å². The maximum absolute atomic E-state index is 12.5. The fourth-order valence-corrected chi connectivity index (χ4v) is 1.21. The minimum absolute atomic E-state index is 0.0985. The summed E-state index contributed by atoms with van der Waals surface area (Å²) in [6, 6.07) is 4.98. The summed E-state index contributed by atoms with van der Waals surface area (Å²) in [5.41, 5.74) is 1.25. The van der Waals surface area contributed by atoms with Crippen LogP contribution >= 0.6 is 0 Å². The van der Waals surface area contributed by atoms with Gasteiger partial charge in [0.25, 0.3) is 5.69 Å². The van der Waals surface area contributed by atoms with E-state index < -0.39 is 23.6 Å². The van der Waals surface area contributed by atoms with Crippen molar-refractivity contribution < 1.29 is 23.3 Å². The molecule has 0 fully saturated rings. The lowest BCUT2D eigenvalue weighted by Gasteiger charge is -2.13. The van der Waals surface area contributed by atoms with Gasteiger partial charge >= 0.3 is 6.18 Å². The fourth-order valence-electron chi connectivity index (χ4n) is 1.21. The molecule has 5 nitrogen and oxygen atoms in total. The molecule has 8 heteroatoms. The molecule has 0 aromatic heterocycles. The molecule has 0 heterocycles. The van der Waals surface area contributed by atoms with E-state index in [4.69, 9.17) is 5.21 Å². The lowest BCUT2D eigenvalue weighted by atomic mass is 10.1. The van der Waals surface area contributed by atoms with Crippen LogP contribution in [-0.2, 0) is 0 Å². The summed E-state index contributed by atoms with van der Waals surface area (Å²) in [5.74, 6) is 2.07. The quantitative estimate of drug-likeness (QED) is 0.503. The summed E-state index contributed by atoms with van der Waals surface area (Å²) < 4.78 is 37.4. The Morgan fingerprint density at radius 3 is 2.68 bits per heavy atom. The van der Waals surface area contributed by atoms with Gasteiger partial charge in [0.2, 0.25) is 0 Å². The van der Waals surface area contributed by atoms with Gasteiger partial charge in [-0.1, -0.05) is 17.9 Å². The Morgan fingerprint density at radius 1 is 1.47 bits per heavy atom. The predicted octanol–water partition coefficient (Wildman–Crippen LogP) is 2.10. The Hall–Kier alpha value is -2.11. The van der Waals surface area contributed by atoms with E-state index in [9.17, 15) is 23.3 Å². The Kier molecular flexibility index (Phi) is 4.86. The van der Waals surface area contributed by atoms with E-state index in [1.54, 1.807) is 0 Å². The van der Waals surface area contributed by atoms with E-state index in [-0.39, 0.29) is 11.3 Å². The summed E-state index contributed by atoms with van der Waals surface area (Å²) in [4.78, 5) is 9.82. The van der Waals surface area contributed by atoms with Crippen LogP contribution in [-0.4, -0.2) is 22.9 Å². The number of hydrogen-bond donors (Lipinski definition) is 2. The number of nitrogens with zero attached hydrogens (tertiary/aromatic N) is 1. The largest absolute Gasteiger partial charge is 0.403 e. The van der Waals surface area contributed by atoms with Crippen LogP contribution < -0.4 is 5.48 Å². The normalized spacial score (nSPS) is 12.4. The maximum Gasteiger partial charge on any atom is 0.403 e. The minimum atomic E-state index is -4.59. The average molecular weight is 274 g/mol. The van der Waals surface area contributed by atoms with E-state index in [0.29, 0.717) is 0 Å². The van der Waals surface area contributed by atoms with E-state index in [2.05, 4.69) is 5.92 Å². The molecule has 0 aliphatic heterocycles. The average Bonchev–Trinajstić information content (AvgIpc) is 2.33. The molecule has 0 amide bonds. The van der Waals surface area contributed by atoms with Crippen LogP contribution in [0.5, 0.6) is 0 Å². The fraction of sp³-hybridized carbons (Fsp3) is 0.273. The first-order valence-electron chi connectivity index (χ1n) is 5.04. The molecule has 102 valence electrons. The van der Waals surface area contributed by atoms with Crippen LogP contribution in [0.1, 0.15) is 5.56 Å². The second kappa shape index (κ2) is 6.17. The molecule has 0 spiro atoms. The Morgan fingerprint density at radius 2 is 2.16 bits per heavy atom.